The molecule has 0 amide bonds. The molecule has 1 aromatic heterocycles. The van der Waals surface area contributed by atoms with Gasteiger partial charge in [-0.1, -0.05) is 12.8 Å². The average Bonchev–Trinajstić information content (AvgIpc) is 2.64. The fourth-order valence-electron chi connectivity index (χ4n) is 2.85. The molecule has 102 valence electrons. The largest absolute Gasteiger partial charge is 0.341 e. The van der Waals surface area contributed by atoms with Crippen molar-refractivity contribution in [1.29, 1.82) is 0 Å². The number of rotatable bonds is 2. The number of aromatic amines is 1. The van der Waals surface area contributed by atoms with Crippen LogP contribution in [0.1, 0.15) is 44.5 Å². The van der Waals surface area contributed by atoms with Gasteiger partial charge >= 0.3 is 0 Å². The number of hydrogen-bond donors (Lipinski definition) is 1. The Balaban J connectivity index is 1.85. The van der Waals surface area contributed by atoms with Gasteiger partial charge < -0.3 is 4.98 Å². The standard InChI is InChI=1S/C15H20FN3/c1-11(19-8-4-2-3-5-9-19)15-17-13-7-6-12(16)10-14(13)18-15/h6-7,10-11H,2-5,8-9H2,1H3,(H,17,18). The lowest BCUT2D eigenvalue weighted by atomic mass is 10.2. The first kappa shape index (κ1) is 12.6. The molecule has 1 fully saturated rings. The predicted molar refractivity (Wildman–Crippen MR) is 74.5 cm³/mol. The van der Waals surface area contributed by atoms with Gasteiger partial charge in [-0.2, -0.15) is 0 Å². The zero-order valence-electron chi connectivity index (χ0n) is 11.3. The van der Waals surface area contributed by atoms with Gasteiger partial charge in [0.05, 0.1) is 17.1 Å². The first-order valence-electron chi connectivity index (χ1n) is 7.13. The number of hydrogen-bond acceptors (Lipinski definition) is 2. The minimum absolute atomic E-state index is 0.217. The SMILES string of the molecule is CC(c1nc2ccc(F)cc2[nH]1)N1CCCCCC1. The molecule has 1 atom stereocenters. The van der Waals surface area contributed by atoms with Crippen molar-refractivity contribution < 1.29 is 4.39 Å². The first-order valence-corrected chi connectivity index (χ1v) is 7.13. The van der Waals surface area contributed by atoms with E-state index >= 15 is 0 Å². The van der Waals surface area contributed by atoms with E-state index in [9.17, 15) is 4.39 Å². The van der Waals surface area contributed by atoms with E-state index in [0.717, 1.165) is 29.9 Å². The molecule has 1 unspecified atom stereocenters. The number of likely N-dealkylation sites (tertiary alicyclic amines) is 1. The number of aromatic nitrogens is 2. The molecule has 1 saturated heterocycles. The van der Waals surface area contributed by atoms with Gasteiger partial charge in [0.2, 0.25) is 0 Å². The summed E-state index contributed by atoms with van der Waals surface area (Å²) in [7, 11) is 0. The molecule has 0 bridgehead atoms. The summed E-state index contributed by atoms with van der Waals surface area (Å²) in [5, 5.41) is 0. The third kappa shape index (κ3) is 2.63. The molecule has 0 aliphatic carbocycles. The lowest BCUT2D eigenvalue weighted by Crippen LogP contribution is -2.28. The van der Waals surface area contributed by atoms with Gasteiger partial charge in [-0.05, 0) is 51.1 Å². The summed E-state index contributed by atoms with van der Waals surface area (Å²) in [6.45, 7) is 4.44. The van der Waals surface area contributed by atoms with Crippen molar-refractivity contribution in [1.82, 2.24) is 14.9 Å². The molecular formula is C15H20FN3. The predicted octanol–water partition coefficient (Wildman–Crippen LogP) is 3.64. The molecule has 1 aromatic carbocycles. The number of imidazole rings is 1. The van der Waals surface area contributed by atoms with Crippen LogP contribution in [0.15, 0.2) is 18.2 Å². The van der Waals surface area contributed by atoms with Crippen LogP contribution in [-0.4, -0.2) is 28.0 Å². The Morgan fingerprint density at radius 1 is 1.21 bits per heavy atom. The zero-order valence-corrected chi connectivity index (χ0v) is 11.3. The van der Waals surface area contributed by atoms with E-state index in [1.807, 2.05) is 0 Å². The molecule has 19 heavy (non-hydrogen) atoms. The minimum atomic E-state index is -0.217. The van der Waals surface area contributed by atoms with Crippen molar-refractivity contribution in [3.63, 3.8) is 0 Å². The number of halogens is 1. The molecule has 3 nitrogen and oxygen atoms in total. The van der Waals surface area contributed by atoms with Crippen molar-refractivity contribution in [3.05, 3.63) is 29.8 Å². The van der Waals surface area contributed by atoms with E-state index in [2.05, 4.69) is 21.8 Å². The lowest BCUT2D eigenvalue weighted by molar-refractivity contribution is 0.212. The fourth-order valence-corrected chi connectivity index (χ4v) is 2.85. The Labute approximate surface area is 112 Å². The lowest BCUT2D eigenvalue weighted by Gasteiger charge is -2.25. The quantitative estimate of drug-likeness (QED) is 0.895. The van der Waals surface area contributed by atoms with Gasteiger partial charge in [-0.3, -0.25) is 4.90 Å². The molecule has 0 radical (unpaired) electrons. The molecule has 1 N–H and O–H groups in total. The van der Waals surface area contributed by atoms with E-state index in [1.54, 1.807) is 6.07 Å². The average molecular weight is 261 g/mol. The second-order valence-corrected chi connectivity index (χ2v) is 5.41. The summed E-state index contributed by atoms with van der Waals surface area (Å²) in [6.07, 6.45) is 5.18. The van der Waals surface area contributed by atoms with Crippen LogP contribution in [0.2, 0.25) is 0 Å². The van der Waals surface area contributed by atoms with Crippen LogP contribution in [0, 0.1) is 5.82 Å². The summed E-state index contributed by atoms with van der Waals surface area (Å²) >= 11 is 0. The summed E-state index contributed by atoms with van der Waals surface area (Å²) in [6, 6.07) is 4.98. The van der Waals surface area contributed by atoms with E-state index < -0.39 is 0 Å². The maximum absolute atomic E-state index is 13.2. The van der Waals surface area contributed by atoms with Crippen molar-refractivity contribution in [2.75, 3.05) is 13.1 Å². The summed E-state index contributed by atoms with van der Waals surface area (Å²) in [5.74, 6) is 0.729. The van der Waals surface area contributed by atoms with Crippen LogP contribution in [0.25, 0.3) is 11.0 Å². The second kappa shape index (κ2) is 5.29. The topological polar surface area (TPSA) is 31.9 Å². The Hall–Kier alpha value is -1.42. The molecule has 0 saturated carbocycles. The maximum atomic E-state index is 13.2. The van der Waals surface area contributed by atoms with Crippen LogP contribution >= 0.6 is 0 Å². The Bertz CT molecular complexity index is 556. The molecular weight excluding hydrogens is 241 g/mol. The molecule has 1 aliphatic heterocycles. The van der Waals surface area contributed by atoms with Gasteiger partial charge in [0.15, 0.2) is 0 Å². The molecule has 1 aliphatic rings. The van der Waals surface area contributed by atoms with E-state index in [4.69, 9.17) is 0 Å². The fraction of sp³-hybridized carbons (Fsp3) is 0.533. The Morgan fingerprint density at radius 2 is 1.95 bits per heavy atom. The van der Waals surface area contributed by atoms with Crippen LogP contribution in [-0.2, 0) is 0 Å². The van der Waals surface area contributed by atoms with Gasteiger partial charge in [0, 0.05) is 0 Å². The second-order valence-electron chi connectivity index (χ2n) is 5.41. The monoisotopic (exact) mass is 261 g/mol. The van der Waals surface area contributed by atoms with Gasteiger partial charge in [-0.15, -0.1) is 0 Å². The molecule has 0 spiro atoms. The molecule has 2 aromatic rings. The number of nitrogens with one attached hydrogen (secondary N) is 1. The first-order chi connectivity index (χ1) is 9.24. The number of fused-ring (bicyclic) bond motifs is 1. The van der Waals surface area contributed by atoms with Gasteiger partial charge in [0.25, 0.3) is 0 Å². The Kier molecular flexibility index (Phi) is 3.51. The Morgan fingerprint density at radius 3 is 2.68 bits per heavy atom. The van der Waals surface area contributed by atoms with E-state index in [-0.39, 0.29) is 11.9 Å². The summed E-state index contributed by atoms with van der Waals surface area (Å²) in [4.78, 5) is 10.3. The maximum Gasteiger partial charge on any atom is 0.125 e. The molecule has 2 heterocycles. The molecule has 4 heteroatoms. The van der Waals surface area contributed by atoms with Crippen molar-refractivity contribution >= 4 is 11.0 Å². The van der Waals surface area contributed by atoms with Crippen LogP contribution in [0.4, 0.5) is 4.39 Å². The number of nitrogens with zero attached hydrogens (tertiary/aromatic N) is 2. The summed E-state index contributed by atoms with van der Waals surface area (Å²) < 4.78 is 13.2. The zero-order chi connectivity index (χ0) is 13.2. The number of benzene rings is 1. The smallest absolute Gasteiger partial charge is 0.125 e. The normalized spacial score (nSPS) is 19.5. The van der Waals surface area contributed by atoms with Crippen LogP contribution in [0.5, 0.6) is 0 Å². The molecule has 3 rings (SSSR count). The van der Waals surface area contributed by atoms with E-state index in [1.165, 1.54) is 37.8 Å². The summed E-state index contributed by atoms with van der Waals surface area (Å²) in [5.41, 5.74) is 1.63. The third-order valence-corrected chi connectivity index (χ3v) is 4.05. The van der Waals surface area contributed by atoms with Gasteiger partial charge in [-0.25, -0.2) is 9.37 Å². The minimum Gasteiger partial charge on any atom is -0.341 e. The van der Waals surface area contributed by atoms with Crippen LogP contribution < -0.4 is 0 Å². The van der Waals surface area contributed by atoms with E-state index in [0.29, 0.717) is 0 Å². The number of H-pyrrole nitrogens is 1. The highest BCUT2D eigenvalue weighted by Crippen LogP contribution is 2.24. The van der Waals surface area contributed by atoms with Crippen molar-refractivity contribution in [2.24, 2.45) is 0 Å². The highest BCUT2D eigenvalue weighted by atomic mass is 19.1. The highest BCUT2D eigenvalue weighted by Gasteiger charge is 2.20. The van der Waals surface area contributed by atoms with Crippen molar-refractivity contribution in [2.45, 2.75) is 38.6 Å². The third-order valence-electron chi connectivity index (χ3n) is 4.05. The van der Waals surface area contributed by atoms with Gasteiger partial charge in [0.1, 0.15) is 11.6 Å². The van der Waals surface area contributed by atoms with Crippen LogP contribution in [0.3, 0.4) is 0 Å². The van der Waals surface area contributed by atoms with Crippen molar-refractivity contribution in [3.8, 4) is 0 Å². The highest BCUT2D eigenvalue weighted by molar-refractivity contribution is 5.75.